The van der Waals surface area contributed by atoms with Crippen molar-refractivity contribution in [2.24, 2.45) is 0 Å². The van der Waals surface area contributed by atoms with Crippen LogP contribution in [-0.4, -0.2) is 22.5 Å². The van der Waals surface area contributed by atoms with Crippen molar-refractivity contribution in [3.05, 3.63) is 40.2 Å². The first-order chi connectivity index (χ1) is 9.19. The Bertz CT molecular complexity index is 704. The Labute approximate surface area is 119 Å². The highest BCUT2D eigenvalue weighted by atomic mass is 32.2. The molecule has 0 unspecified atom stereocenters. The van der Waals surface area contributed by atoms with Crippen molar-refractivity contribution in [2.75, 3.05) is 12.5 Å². The maximum absolute atomic E-state index is 11.8. The first-order valence-electron chi connectivity index (χ1n) is 5.42. The zero-order valence-corrected chi connectivity index (χ0v) is 12.1. The smallest absolute Gasteiger partial charge is 0.270 e. The Kier molecular flexibility index (Phi) is 4.30. The molecule has 0 saturated carbocycles. The van der Waals surface area contributed by atoms with Crippen LogP contribution in [0.1, 0.15) is 5.56 Å². The van der Waals surface area contributed by atoms with Crippen molar-refractivity contribution in [3.8, 4) is 17.3 Å². The van der Waals surface area contributed by atoms with Crippen LogP contribution in [0.2, 0.25) is 0 Å². The lowest BCUT2D eigenvalue weighted by Gasteiger charge is -2.06. The Morgan fingerprint density at radius 3 is 2.74 bits per heavy atom. The highest BCUT2D eigenvalue weighted by Gasteiger charge is 2.13. The third kappa shape index (κ3) is 2.83. The molecule has 0 saturated heterocycles. The van der Waals surface area contributed by atoms with Gasteiger partial charge in [0.1, 0.15) is 11.6 Å². The van der Waals surface area contributed by atoms with E-state index in [9.17, 15) is 4.79 Å². The number of thioether (sulfide) groups is 2. The summed E-state index contributed by atoms with van der Waals surface area (Å²) >= 11 is 2.94. The summed E-state index contributed by atoms with van der Waals surface area (Å²) in [6.07, 6.45) is 3.80. The highest BCUT2D eigenvalue weighted by Crippen LogP contribution is 2.25. The molecule has 0 amide bonds. The molecule has 4 nitrogen and oxygen atoms in total. The Morgan fingerprint density at radius 1 is 1.32 bits per heavy atom. The lowest BCUT2D eigenvalue weighted by Crippen LogP contribution is -2.14. The zero-order chi connectivity index (χ0) is 13.8. The minimum absolute atomic E-state index is 0.0519. The Morgan fingerprint density at radius 2 is 2.11 bits per heavy atom. The monoisotopic (exact) mass is 289 g/mol. The molecular weight excluding hydrogens is 278 g/mol. The summed E-state index contributed by atoms with van der Waals surface area (Å²) in [6.45, 7) is 0. The van der Waals surface area contributed by atoms with E-state index in [1.165, 1.54) is 11.8 Å². The first-order valence-corrected chi connectivity index (χ1v) is 7.87. The second kappa shape index (κ2) is 5.95. The molecule has 19 heavy (non-hydrogen) atoms. The average Bonchev–Trinajstić information content (AvgIpc) is 2.46. The molecule has 96 valence electrons. The lowest BCUT2D eigenvalue weighted by atomic mass is 10.1. The fourth-order valence-electron chi connectivity index (χ4n) is 1.63. The van der Waals surface area contributed by atoms with Crippen LogP contribution >= 0.6 is 23.5 Å². The summed E-state index contributed by atoms with van der Waals surface area (Å²) in [5, 5.41) is 9.64. The van der Waals surface area contributed by atoms with E-state index in [1.54, 1.807) is 11.8 Å². The number of nitrogens with one attached hydrogen (secondary N) is 1. The van der Waals surface area contributed by atoms with Crippen molar-refractivity contribution >= 4 is 23.5 Å². The van der Waals surface area contributed by atoms with Crippen molar-refractivity contribution < 1.29 is 0 Å². The molecular formula is C13H11N3OS2. The van der Waals surface area contributed by atoms with Gasteiger partial charge in [0.05, 0.1) is 5.69 Å². The number of rotatable bonds is 3. The van der Waals surface area contributed by atoms with Crippen molar-refractivity contribution in [1.29, 1.82) is 5.26 Å². The molecule has 2 aromatic rings. The van der Waals surface area contributed by atoms with E-state index < -0.39 is 5.56 Å². The number of nitrogens with zero attached hydrogens (tertiary/aromatic N) is 2. The van der Waals surface area contributed by atoms with Crippen molar-refractivity contribution in [3.63, 3.8) is 0 Å². The lowest BCUT2D eigenvalue weighted by molar-refractivity contribution is 0.937. The standard InChI is InChI=1S/C13H11N3OS2/c1-18-9-5-3-4-8(6-9)11-10(7-14)12(17)16-13(15-11)19-2/h3-6H,1-2H3,(H,15,16,17). The van der Waals surface area contributed by atoms with Crippen LogP contribution in [0.5, 0.6) is 0 Å². The van der Waals surface area contributed by atoms with Crippen LogP contribution in [0.4, 0.5) is 0 Å². The number of hydrogen-bond donors (Lipinski definition) is 1. The van der Waals surface area contributed by atoms with Crippen molar-refractivity contribution in [2.45, 2.75) is 10.1 Å². The van der Waals surface area contributed by atoms with Gasteiger partial charge in [-0.2, -0.15) is 5.26 Å². The normalized spacial score (nSPS) is 10.2. The van der Waals surface area contributed by atoms with E-state index >= 15 is 0 Å². The molecule has 0 aliphatic heterocycles. The molecule has 0 bridgehead atoms. The van der Waals surface area contributed by atoms with Crippen LogP contribution in [0.15, 0.2) is 39.1 Å². The first kappa shape index (κ1) is 13.7. The van der Waals surface area contributed by atoms with Gasteiger partial charge in [-0.1, -0.05) is 23.9 Å². The van der Waals surface area contributed by atoms with Gasteiger partial charge in [0.25, 0.3) is 5.56 Å². The number of H-pyrrole nitrogens is 1. The van der Waals surface area contributed by atoms with E-state index in [0.29, 0.717) is 10.9 Å². The van der Waals surface area contributed by atoms with Gasteiger partial charge in [-0.25, -0.2) is 4.98 Å². The van der Waals surface area contributed by atoms with Crippen LogP contribution < -0.4 is 5.56 Å². The zero-order valence-electron chi connectivity index (χ0n) is 10.4. The van der Waals surface area contributed by atoms with E-state index in [-0.39, 0.29) is 5.56 Å². The maximum atomic E-state index is 11.8. The second-order valence-electron chi connectivity index (χ2n) is 3.64. The van der Waals surface area contributed by atoms with Gasteiger partial charge >= 0.3 is 0 Å². The molecule has 0 radical (unpaired) electrons. The summed E-state index contributed by atoms with van der Waals surface area (Å²) in [7, 11) is 0. The van der Waals surface area contributed by atoms with Gasteiger partial charge in [-0.05, 0) is 24.6 Å². The SMILES string of the molecule is CSc1cccc(-c2nc(SC)[nH]c(=O)c2C#N)c1. The molecule has 0 aliphatic carbocycles. The van der Waals surface area contributed by atoms with Crippen LogP contribution in [0, 0.1) is 11.3 Å². The number of aromatic amines is 1. The maximum Gasteiger partial charge on any atom is 0.270 e. The fraction of sp³-hybridized carbons (Fsp3) is 0.154. The molecule has 1 heterocycles. The third-order valence-electron chi connectivity index (χ3n) is 2.55. The largest absolute Gasteiger partial charge is 0.300 e. The quantitative estimate of drug-likeness (QED) is 0.695. The summed E-state index contributed by atoms with van der Waals surface area (Å²) in [4.78, 5) is 19.8. The minimum Gasteiger partial charge on any atom is -0.300 e. The molecule has 1 aromatic carbocycles. The summed E-state index contributed by atoms with van der Waals surface area (Å²) in [5.41, 5.74) is 0.874. The predicted molar refractivity (Wildman–Crippen MR) is 78.6 cm³/mol. The van der Waals surface area contributed by atoms with Gasteiger partial charge in [0, 0.05) is 10.5 Å². The van der Waals surface area contributed by atoms with Gasteiger partial charge in [0.2, 0.25) is 0 Å². The highest BCUT2D eigenvalue weighted by molar-refractivity contribution is 7.98. The second-order valence-corrected chi connectivity index (χ2v) is 5.32. The van der Waals surface area contributed by atoms with E-state index in [2.05, 4.69) is 9.97 Å². The molecule has 0 fully saturated rings. The van der Waals surface area contributed by atoms with Gasteiger partial charge in [-0.3, -0.25) is 4.79 Å². The topological polar surface area (TPSA) is 69.5 Å². The third-order valence-corrected chi connectivity index (χ3v) is 3.85. The van der Waals surface area contributed by atoms with E-state index in [4.69, 9.17) is 5.26 Å². The summed E-state index contributed by atoms with van der Waals surface area (Å²) in [5.74, 6) is 0. The van der Waals surface area contributed by atoms with Crippen LogP contribution in [0.25, 0.3) is 11.3 Å². The van der Waals surface area contributed by atoms with Gasteiger partial charge < -0.3 is 4.98 Å². The van der Waals surface area contributed by atoms with Crippen LogP contribution in [-0.2, 0) is 0 Å². The fourth-order valence-corrected chi connectivity index (χ4v) is 2.47. The summed E-state index contributed by atoms with van der Waals surface area (Å²) in [6, 6.07) is 9.58. The molecule has 6 heteroatoms. The minimum atomic E-state index is -0.397. The van der Waals surface area contributed by atoms with Gasteiger partial charge in [-0.15, -0.1) is 11.8 Å². The molecule has 0 aliphatic rings. The molecule has 2 rings (SSSR count). The van der Waals surface area contributed by atoms with Crippen molar-refractivity contribution in [1.82, 2.24) is 9.97 Å². The number of nitriles is 1. The Hall–Kier alpha value is -1.71. The average molecular weight is 289 g/mol. The van der Waals surface area contributed by atoms with Gasteiger partial charge in [0.15, 0.2) is 5.16 Å². The predicted octanol–water partition coefficient (Wildman–Crippen LogP) is 2.75. The summed E-state index contributed by atoms with van der Waals surface area (Å²) < 4.78 is 0. The number of hydrogen-bond acceptors (Lipinski definition) is 5. The Balaban J connectivity index is 2.69. The number of aromatic nitrogens is 2. The molecule has 0 atom stereocenters. The molecule has 1 aromatic heterocycles. The van der Waals surface area contributed by atoms with Crippen LogP contribution in [0.3, 0.4) is 0 Å². The molecule has 1 N–H and O–H groups in total. The molecule has 0 spiro atoms. The number of benzene rings is 1. The van der Waals surface area contributed by atoms with E-state index in [1.807, 2.05) is 42.8 Å². The van der Waals surface area contributed by atoms with E-state index in [0.717, 1.165) is 10.5 Å².